The van der Waals surface area contributed by atoms with Crippen LogP contribution in [-0.2, 0) is 0 Å². The molecule has 3 unspecified atom stereocenters. The van der Waals surface area contributed by atoms with Crippen molar-refractivity contribution in [1.29, 1.82) is 0 Å². The van der Waals surface area contributed by atoms with Gasteiger partial charge in [-0.05, 0) is 49.4 Å². The fraction of sp³-hybridized carbons (Fsp3) is 1.00. The third-order valence-electron chi connectivity index (χ3n) is 5.07. The molecule has 0 saturated carbocycles. The number of rotatable bonds is 14. The van der Waals surface area contributed by atoms with Gasteiger partial charge in [0, 0.05) is 6.61 Å². The second kappa shape index (κ2) is 13.4. The number of aliphatic hydroxyl groups is 2. The lowest BCUT2D eigenvalue weighted by molar-refractivity contribution is 0.0822. The molecule has 2 N–H and O–H groups in total. The normalized spacial score (nSPS) is 16.2. The molecule has 0 bridgehead atoms. The predicted molar refractivity (Wildman–Crippen MR) is 97.0 cm³/mol. The molecule has 0 spiro atoms. The van der Waals surface area contributed by atoms with Crippen molar-refractivity contribution < 1.29 is 10.2 Å². The summed E-state index contributed by atoms with van der Waals surface area (Å²) in [6, 6.07) is 0. The average molecular weight is 315 g/mol. The number of aliphatic hydroxyl groups excluding tert-OH is 2. The van der Waals surface area contributed by atoms with Crippen LogP contribution in [0.25, 0.3) is 0 Å². The van der Waals surface area contributed by atoms with Gasteiger partial charge >= 0.3 is 0 Å². The lowest BCUT2D eigenvalue weighted by atomic mass is 9.86. The first-order valence-corrected chi connectivity index (χ1v) is 9.71. The van der Waals surface area contributed by atoms with Crippen LogP contribution in [0.2, 0.25) is 0 Å². The highest BCUT2D eigenvalue weighted by molar-refractivity contribution is 4.70. The summed E-state index contributed by atoms with van der Waals surface area (Å²) in [6.07, 6.45) is 10.2. The first-order valence-electron chi connectivity index (χ1n) is 9.71. The molecule has 0 aromatic rings. The highest BCUT2D eigenvalue weighted by Crippen LogP contribution is 2.25. The van der Waals surface area contributed by atoms with E-state index in [1.165, 1.54) is 32.1 Å². The van der Waals surface area contributed by atoms with Gasteiger partial charge in [-0.3, -0.25) is 0 Å². The third kappa shape index (κ3) is 10.6. The van der Waals surface area contributed by atoms with E-state index in [0.29, 0.717) is 24.4 Å². The zero-order valence-corrected chi connectivity index (χ0v) is 15.9. The zero-order chi connectivity index (χ0) is 17.0. The molecular formula is C20H42O2. The molecule has 0 aliphatic rings. The molecular weight excluding hydrogens is 272 g/mol. The summed E-state index contributed by atoms with van der Waals surface area (Å²) in [5.41, 5.74) is 0. The van der Waals surface area contributed by atoms with Gasteiger partial charge in [-0.2, -0.15) is 0 Å². The van der Waals surface area contributed by atoms with Crippen LogP contribution in [0.15, 0.2) is 0 Å². The molecule has 0 heterocycles. The lowest BCUT2D eigenvalue weighted by Crippen LogP contribution is -2.21. The van der Waals surface area contributed by atoms with E-state index in [2.05, 4.69) is 34.6 Å². The van der Waals surface area contributed by atoms with E-state index in [4.69, 9.17) is 0 Å². The number of hydrogen-bond donors (Lipinski definition) is 2. The van der Waals surface area contributed by atoms with Crippen LogP contribution in [0.3, 0.4) is 0 Å². The minimum Gasteiger partial charge on any atom is -0.396 e. The molecule has 2 nitrogen and oxygen atoms in total. The fourth-order valence-corrected chi connectivity index (χ4v) is 3.26. The Morgan fingerprint density at radius 3 is 1.86 bits per heavy atom. The van der Waals surface area contributed by atoms with Gasteiger partial charge in [0.15, 0.2) is 0 Å². The van der Waals surface area contributed by atoms with Gasteiger partial charge < -0.3 is 10.2 Å². The molecule has 0 aromatic carbocycles. The molecule has 0 aliphatic heterocycles. The minimum atomic E-state index is -0.113. The molecule has 0 saturated heterocycles. The average Bonchev–Trinajstić information content (AvgIpc) is 2.46. The van der Waals surface area contributed by atoms with Crippen LogP contribution < -0.4 is 0 Å². The van der Waals surface area contributed by atoms with Crippen LogP contribution >= 0.6 is 0 Å². The van der Waals surface area contributed by atoms with Crippen molar-refractivity contribution in [2.45, 2.75) is 98.5 Å². The highest BCUT2D eigenvalue weighted by Gasteiger charge is 2.18. The quantitative estimate of drug-likeness (QED) is 0.421. The summed E-state index contributed by atoms with van der Waals surface area (Å²) in [7, 11) is 0. The van der Waals surface area contributed by atoms with Gasteiger partial charge in [-0.15, -0.1) is 0 Å². The first-order chi connectivity index (χ1) is 10.4. The van der Waals surface area contributed by atoms with Crippen molar-refractivity contribution in [3.8, 4) is 0 Å². The van der Waals surface area contributed by atoms with Crippen molar-refractivity contribution in [1.82, 2.24) is 0 Å². The maximum absolute atomic E-state index is 10.5. The number of unbranched alkanes of at least 4 members (excludes halogenated alkanes) is 2. The standard InChI is InChI=1S/C20H42O2/c1-6-10-18(14-13-16(2)3)20(22)12-9-7-8-11-19(15-21)17(4)5/h16-22H,6-15H2,1-5H3. The molecule has 134 valence electrons. The lowest BCUT2D eigenvalue weighted by Gasteiger charge is -2.23. The van der Waals surface area contributed by atoms with Gasteiger partial charge in [-0.25, -0.2) is 0 Å². The van der Waals surface area contributed by atoms with E-state index in [-0.39, 0.29) is 6.10 Å². The largest absolute Gasteiger partial charge is 0.396 e. The smallest absolute Gasteiger partial charge is 0.0568 e. The fourth-order valence-electron chi connectivity index (χ4n) is 3.26. The molecule has 0 rings (SSSR count). The van der Waals surface area contributed by atoms with Gasteiger partial charge in [0.25, 0.3) is 0 Å². The number of hydrogen-bond acceptors (Lipinski definition) is 2. The second-order valence-corrected chi connectivity index (χ2v) is 7.91. The highest BCUT2D eigenvalue weighted by atomic mass is 16.3. The van der Waals surface area contributed by atoms with E-state index in [1.54, 1.807) is 0 Å². The minimum absolute atomic E-state index is 0.113. The van der Waals surface area contributed by atoms with Crippen LogP contribution in [-0.4, -0.2) is 22.9 Å². The summed E-state index contributed by atoms with van der Waals surface area (Å²) >= 11 is 0. The first kappa shape index (κ1) is 21.9. The maximum Gasteiger partial charge on any atom is 0.0568 e. The van der Waals surface area contributed by atoms with Crippen molar-refractivity contribution in [2.24, 2.45) is 23.7 Å². The summed E-state index contributed by atoms with van der Waals surface area (Å²) in [4.78, 5) is 0. The molecule has 2 heteroatoms. The molecule has 22 heavy (non-hydrogen) atoms. The Kier molecular flexibility index (Phi) is 13.3. The second-order valence-electron chi connectivity index (χ2n) is 7.91. The van der Waals surface area contributed by atoms with Gasteiger partial charge in [0.05, 0.1) is 6.10 Å². The molecule has 0 radical (unpaired) electrons. The van der Waals surface area contributed by atoms with Crippen molar-refractivity contribution in [3.63, 3.8) is 0 Å². The van der Waals surface area contributed by atoms with E-state index in [9.17, 15) is 10.2 Å². The summed E-state index contributed by atoms with van der Waals surface area (Å²) in [6.45, 7) is 11.4. The van der Waals surface area contributed by atoms with E-state index < -0.39 is 0 Å². The van der Waals surface area contributed by atoms with E-state index in [0.717, 1.165) is 31.6 Å². The Balaban J connectivity index is 3.90. The van der Waals surface area contributed by atoms with Crippen molar-refractivity contribution >= 4 is 0 Å². The Labute approximate surface area is 139 Å². The molecule has 0 amide bonds. The van der Waals surface area contributed by atoms with Gasteiger partial charge in [0.2, 0.25) is 0 Å². The Morgan fingerprint density at radius 1 is 0.727 bits per heavy atom. The molecule has 0 aliphatic carbocycles. The van der Waals surface area contributed by atoms with Crippen LogP contribution in [0.1, 0.15) is 92.4 Å². The zero-order valence-electron chi connectivity index (χ0n) is 15.9. The molecule has 3 atom stereocenters. The Hall–Kier alpha value is -0.0800. The topological polar surface area (TPSA) is 40.5 Å². The summed E-state index contributed by atoms with van der Waals surface area (Å²) in [5.74, 6) is 2.25. The summed E-state index contributed by atoms with van der Waals surface area (Å²) in [5, 5.41) is 19.8. The van der Waals surface area contributed by atoms with Crippen LogP contribution in [0.5, 0.6) is 0 Å². The van der Waals surface area contributed by atoms with E-state index >= 15 is 0 Å². The SMILES string of the molecule is CCCC(CCC(C)C)C(O)CCCCCC(CO)C(C)C. The monoisotopic (exact) mass is 314 g/mol. The van der Waals surface area contributed by atoms with E-state index in [1.807, 2.05) is 0 Å². The van der Waals surface area contributed by atoms with Gasteiger partial charge in [-0.1, -0.05) is 66.7 Å². The predicted octanol–water partition coefficient (Wildman–Crippen LogP) is 5.41. The Morgan fingerprint density at radius 2 is 1.36 bits per heavy atom. The van der Waals surface area contributed by atoms with Crippen molar-refractivity contribution in [3.05, 3.63) is 0 Å². The maximum atomic E-state index is 10.5. The third-order valence-corrected chi connectivity index (χ3v) is 5.07. The molecule has 0 fully saturated rings. The van der Waals surface area contributed by atoms with Crippen molar-refractivity contribution in [2.75, 3.05) is 6.61 Å². The summed E-state index contributed by atoms with van der Waals surface area (Å²) < 4.78 is 0. The molecule has 0 aromatic heterocycles. The Bertz CT molecular complexity index is 238. The van der Waals surface area contributed by atoms with Crippen LogP contribution in [0, 0.1) is 23.7 Å². The van der Waals surface area contributed by atoms with Crippen LogP contribution in [0.4, 0.5) is 0 Å². The van der Waals surface area contributed by atoms with Gasteiger partial charge in [0.1, 0.15) is 0 Å².